The number of aliphatic hydroxyl groups is 1. The zero-order valence-electron chi connectivity index (χ0n) is 20.2. The number of amides is 1. The first-order valence-corrected chi connectivity index (χ1v) is 11.7. The second-order valence-corrected chi connectivity index (χ2v) is 8.54. The molecule has 3 heterocycles. The van der Waals surface area contributed by atoms with Gasteiger partial charge in [-0.2, -0.15) is 0 Å². The van der Waals surface area contributed by atoms with Gasteiger partial charge in [0.2, 0.25) is 5.82 Å². The summed E-state index contributed by atoms with van der Waals surface area (Å²) in [6.45, 7) is 2.73. The molecule has 0 radical (unpaired) electrons. The highest BCUT2D eigenvalue weighted by molar-refractivity contribution is 6.01. The van der Waals surface area contributed by atoms with Crippen LogP contribution >= 0.6 is 0 Å². The van der Waals surface area contributed by atoms with Crippen molar-refractivity contribution in [3.63, 3.8) is 0 Å². The third-order valence-corrected chi connectivity index (χ3v) is 5.76. The largest absolute Gasteiger partial charge is 0.394 e. The van der Waals surface area contributed by atoms with Crippen LogP contribution in [0.3, 0.4) is 0 Å². The number of rotatable bonds is 11. The third kappa shape index (κ3) is 6.11. The van der Waals surface area contributed by atoms with Crippen LogP contribution in [0.1, 0.15) is 23.7 Å². The van der Waals surface area contributed by atoms with Crippen LogP contribution in [0.5, 0.6) is 0 Å². The van der Waals surface area contributed by atoms with E-state index in [9.17, 15) is 20.0 Å². The number of nitrogens with two attached hydrogens (primary N) is 1. The Labute approximate surface area is 212 Å². The number of hydrogen-bond donors (Lipinski definition) is 4. The van der Waals surface area contributed by atoms with Crippen molar-refractivity contribution in [2.45, 2.75) is 25.9 Å². The zero-order chi connectivity index (χ0) is 26.4. The number of nitrogen functional groups attached to an aromatic ring is 1. The standard InChI is InChI=1S/C25H28N8O4/c1-17(15-34)29-25(35)21-14-31(11-2-9-28-23-8-7-22(33(36)37)24(26)30-23)13-20(21)18-3-5-19(6-4-18)32-12-10-27-16-32/h3-8,10,12-14,16-17,34H,2,9,11,15H2,1H3,(H,29,35)(H3,26,28,30)/t17-/m1/s1. The first-order chi connectivity index (χ1) is 17.9. The number of aliphatic hydroxyl groups excluding tert-OH is 1. The maximum absolute atomic E-state index is 13.0. The van der Waals surface area contributed by atoms with E-state index in [4.69, 9.17) is 5.73 Å². The number of carbonyl (C=O) groups is 1. The number of nitrogens with zero attached hydrogens (tertiary/aromatic N) is 5. The fraction of sp³-hybridized carbons (Fsp3) is 0.240. The molecular formula is C25H28N8O4. The fourth-order valence-corrected chi connectivity index (χ4v) is 3.82. The van der Waals surface area contributed by atoms with Crippen molar-refractivity contribution in [1.29, 1.82) is 0 Å². The van der Waals surface area contributed by atoms with E-state index in [0.29, 0.717) is 30.9 Å². The van der Waals surface area contributed by atoms with Gasteiger partial charge in [0.15, 0.2) is 0 Å². The Kier molecular flexibility index (Phi) is 7.79. The fourth-order valence-electron chi connectivity index (χ4n) is 3.82. The lowest BCUT2D eigenvalue weighted by Crippen LogP contribution is -2.35. The van der Waals surface area contributed by atoms with E-state index in [2.05, 4.69) is 20.6 Å². The van der Waals surface area contributed by atoms with Crippen LogP contribution in [-0.4, -0.2) is 54.2 Å². The van der Waals surface area contributed by atoms with E-state index in [1.54, 1.807) is 25.6 Å². The average Bonchev–Trinajstić information content (AvgIpc) is 3.57. The maximum atomic E-state index is 13.0. The number of anilines is 2. The minimum atomic E-state index is -0.573. The van der Waals surface area contributed by atoms with Gasteiger partial charge in [-0.05, 0) is 37.1 Å². The zero-order valence-corrected chi connectivity index (χ0v) is 20.2. The molecule has 0 saturated carbocycles. The van der Waals surface area contributed by atoms with Gasteiger partial charge in [-0.15, -0.1) is 0 Å². The van der Waals surface area contributed by atoms with Gasteiger partial charge in [0.1, 0.15) is 5.82 Å². The lowest BCUT2D eigenvalue weighted by Gasteiger charge is -2.11. The van der Waals surface area contributed by atoms with E-state index >= 15 is 0 Å². The SMILES string of the molecule is C[C@H](CO)NC(=O)c1cn(CCCNc2ccc([N+](=O)[O-])c(N)n2)cc1-c1ccc(-n2ccnc2)cc1. The van der Waals surface area contributed by atoms with Crippen LogP contribution < -0.4 is 16.4 Å². The number of nitro groups is 1. The Balaban J connectivity index is 1.47. The van der Waals surface area contributed by atoms with Crippen molar-refractivity contribution in [2.24, 2.45) is 0 Å². The second-order valence-electron chi connectivity index (χ2n) is 8.54. The maximum Gasteiger partial charge on any atom is 0.311 e. The van der Waals surface area contributed by atoms with Crippen LogP contribution in [0.4, 0.5) is 17.3 Å². The summed E-state index contributed by atoms with van der Waals surface area (Å²) < 4.78 is 3.84. The molecule has 12 nitrogen and oxygen atoms in total. The Bertz CT molecular complexity index is 1370. The van der Waals surface area contributed by atoms with Crippen LogP contribution in [-0.2, 0) is 6.54 Å². The monoisotopic (exact) mass is 504 g/mol. The molecule has 192 valence electrons. The molecule has 1 atom stereocenters. The number of carbonyl (C=O) groups excluding carboxylic acids is 1. The van der Waals surface area contributed by atoms with Crippen molar-refractivity contribution in [3.05, 3.63) is 83.2 Å². The van der Waals surface area contributed by atoms with Gasteiger partial charge in [-0.3, -0.25) is 14.9 Å². The second kappa shape index (κ2) is 11.4. The van der Waals surface area contributed by atoms with Gasteiger partial charge in [-0.1, -0.05) is 12.1 Å². The summed E-state index contributed by atoms with van der Waals surface area (Å²) in [6.07, 6.45) is 9.69. The number of benzene rings is 1. The molecule has 1 amide bonds. The van der Waals surface area contributed by atoms with Gasteiger partial charge in [0.25, 0.3) is 5.91 Å². The van der Waals surface area contributed by atoms with Crippen molar-refractivity contribution in [2.75, 3.05) is 24.2 Å². The minimum absolute atomic E-state index is 0.142. The summed E-state index contributed by atoms with van der Waals surface area (Å²) in [7, 11) is 0. The minimum Gasteiger partial charge on any atom is -0.394 e. The predicted molar refractivity (Wildman–Crippen MR) is 139 cm³/mol. The molecule has 3 aromatic heterocycles. The summed E-state index contributed by atoms with van der Waals surface area (Å²) in [4.78, 5) is 31.4. The molecule has 4 rings (SSSR count). The van der Waals surface area contributed by atoms with Crippen molar-refractivity contribution in [1.82, 2.24) is 24.4 Å². The van der Waals surface area contributed by atoms with E-state index in [1.807, 2.05) is 45.8 Å². The summed E-state index contributed by atoms with van der Waals surface area (Å²) >= 11 is 0. The van der Waals surface area contributed by atoms with Crippen molar-refractivity contribution in [3.8, 4) is 16.8 Å². The van der Waals surface area contributed by atoms with Gasteiger partial charge >= 0.3 is 5.69 Å². The van der Waals surface area contributed by atoms with Gasteiger partial charge in [0, 0.05) is 61.2 Å². The Hall–Kier alpha value is -4.71. The molecule has 5 N–H and O–H groups in total. The molecule has 4 aromatic rings. The van der Waals surface area contributed by atoms with Gasteiger partial charge in [-0.25, -0.2) is 9.97 Å². The Morgan fingerprint density at radius 2 is 2.00 bits per heavy atom. The highest BCUT2D eigenvalue weighted by Crippen LogP contribution is 2.27. The predicted octanol–water partition coefficient (Wildman–Crippen LogP) is 2.84. The van der Waals surface area contributed by atoms with E-state index in [-0.39, 0.29) is 30.1 Å². The molecule has 0 aliphatic carbocycles. The summed E-state index contributed by atoms with van der Waals surface area (Å²) in [6, 6.07) is 10.3. The normalized spacial score (nSPS) is 11.7. The van der Waals surface area contributed by atoms with Crippen LogP contribution in [0.2, 0.25) is 0 Å². The molecule has 0 aliphatic heterocycles. The van der Waals surface area contributed by atoms with Crippen LogP contribution in [0, 0.1) is 10.1 Å². The Morgan fingerprint density at radius 1 is 1.22 bits per heavy atom. The van der Waals surface area contributed by atoms with Gasteiger partial charge < -0.3 is 30.6 Å². The summed E-state index contributed by atoms with van der Waals surface area (Å²) in [5.41, 5.74) is 8.53. The van der Waals surface area contributed by atoms with Crippen molar-refractivity contribution >= 4 is 23.2 Å². The molecule has 0 saturated heterocycles. The first kappa shape index (κ1) is 25.4. The molecule has 0 bridgehead atoms. The number of nitrogens with one attached hydrogen (secondary N) is 2. The number of aromatic nitrogens is 4. The van der Waals surface area contributed by atoms with E-state index in [1.165, 1.54) is 12.1 Å². The van der Waals surface area contributed by atoms with E-state index < -0.39 is 4.92 Å². The van der Waals surface area contributed by atoms with E-state index in [0.717, 1.165) is 16.8 Å². The molecular weight excluding hydrogens is 476 g/mol. The molecule has 0 spiro atoms. The van der Waals surface area contributed by atoms with Gasteiger partial charge in [0.05, 0.1) is 23.4 Å². The summed E-state index contributed by atoms with van der Waals surface area (Å²) in [5.74, 6) is 0.0434. The van der Waals surface area contributed by atoms with Crippen LogP contribution in [0.15, 0.2) is 67.5 Å². The van der Waals surface area contributed by atoms with Crippen molar-refractivity contribution < 1.29 is 14.8 Å². The Morgan fingerprint density at radius 3 is 2.65 bits per heavy atom. The number of imidazole rings is 1. The molecule has 0 fully saturated rings. The molecule has 1 aromatic carbocycles. The number of pyridine rings is 1. The lowest BCUT2D eigenvalue weighted by molar-refractivity contribution is -0.384. The average molecular weight is 505 g/mol. The number of aryl methyl sites for hydroxylation is 1. The smallest absolute Gasteiger partial charge is 0.311 e. The number of hydrogen-bond acceptors (Lipinski definition) is 8. The molecule has 37 heavy (non-hydrogen) atoms. The molecule has 0 unspecified atom stereocenters. The topological polar surface area (TPSA) is 166 Å². The highest BCUT2D eigenvalue weighted by Gasteiger charge is 2.18. The lowest BCUT2D eigenvalue weighted by atomic mass is 10.0. The third-order valence-electron chi connectivity index (χ3n) is 5.76. The molecule has 0 aliphatic rings. The molecule has 12 heteroatoms. The summed E-state index contributed by atoms with van der Waals surface area (Å²) in [5, 5.41) is 26.2. The quantitative estimate of drug-likeness (QED) is 0.137. The highest BCUT2D eigenvalue weighted by atomic mass is 16.6. The first-order valence-electron chi connectivity index (χ1n) is 11.7. The van der Waals surface area contributed by atoms with Crippen LogP contribution in [0.25, 0.3) is 16.8 Å².